The number of guanidine groups is 1. The predicted octanol–water partition coefficient (Wildman–Crippen LogP) is 1.09. The maximum atomic E-state index is 4.34. The Labute approximate surface area is 123 Å². The van der Waals surface area contributed by atoms with Gasteiger partial charge in [0.25, 0.3) is 0 Å². The van der Waals surface area contributed by atoms with Crippen molar-refractivity contribution in [2.24, 2.45) is 12.0 Å². The molecule has 0 fully saturated rings. The molecule has 2 rings (SSSR count). The summed E-state index contributed by atoms with van der Waals surface area (Å²) in [5, 5.41) is 11.8. The van der Waals surface area contributed by atoms with E-state index in [1.54, 1.807) is 23.1 Å². The highest BCUT2D eigenvalue weighted by Gasteiger charge is 2.02. The third-order valence-corrected chi connectivity index (χ3v) is 3.71. The molecule has 0 unspecified atom stereocenters. The van der Waals surface area contributed by atoms with Crippen LogP contribution in [-0.2, 0) is 20.0 Å². The molecule has 0 aliphatic rings. The highest BCUT2D eigenvalue weighted by molar-refractivity contribution is 7.11. The van der Waals surface area contributed by atoms with Crippen LogP contribution in [-0.4, -0.2) is 34.3 Å². The average Bonchev–Trinajstić information content (AvgIpc) is 3.02. The molecule has 2 heterocycles. The summed E-state index contributed by atoms with van der Waals surface area (Å²) in [5.41, 5.74) is 1.13. The number of nitrogens with zero attached hydrogens (tertiary/aromatic N) is 4. The average molecular weight is 292 g/mol. The van der Waals surface area contributed by atoms with Gasteiger partial charge < -0.3 is 10.6 Å². The number of nitrogens with one attached hydrogen (secondary N) is 2. The highest BCUT2D eigenvalue weighted by atomic mass is 32.1. The van der Waals surface area contributed by atoms with Gasteiger partial charge in [0.05, 0.1) is 11.2 Å². The van der Waals surface area contributed by atoms with Crippen molar-refractivity contribution in [2.45, 2.75) is 19.9 Å². The van der Waals surface area contributed by atoms with Crippen LogP contribution in [0.4, 0.5) is 0 Å². The second-order valence-electron chi connectivity index (χ2n) is 4.49. The van der Waals surface area contributed by atoms with Gasteiger partial charge in [-0.25, -0.2) is 4.98 Å². The fourth-order valence-electron chi connectivity index (χ4n) is 1.77. The molecule has 7 heteroatoms. The van der Waals surface area contributed by atoms with E-state index < -0.39 is 0 Å². The Bertz CT molecular complexity index is 571. The molecule has 0 aliphatic heterocycles. The van der Waals surface area contributed by atoms with Crippen molar-refractivity contribution in [1.29, 1.82) is 0 Å². The molecule has 0 spiro atoms. The SMILES string of the molecule is CN=C(NCCc1ncc(C)s1)NCc1cnn(C)c1. The van der Waals surface area contributed by atoms with Crippen LogP contribution in [0.1, 0.15) is 15.4 Å². The van der Waals surface area contributed by atoms with Crippen LogP contribution in [0.15, 0.2) is 23.6 Å². The third kappa shape index (κ3) is 4.34. The molecule has 6 nitrogen and oxygen atoms in total. The van der Waals surface area contributed by atoms with Crippen molar-refractivity contribution < 1.29 is 0 Å². The standard InChI is InChI=1S/C13H20N6S/c1-10-6-16-12(20-10)4-5-15-13(14-2)17-7-11-8-18-19(3)9-11/h6,8-9H,4-5,7H2,1-3H3,(H2,14,15,17). The lowest BCUT2D eigenvalue weighted by molar-refractivity contribution is 0.764. The number of aryl methyl sites for hydroxylation is 2. The lowest BCUT2D eigenvalue weighted by Crippen LogP contribution is -2.37. The van der Waals surface area contributed by atoms with Gasteiger partial charge in [-0.05, 0) is 6.92 Å². The van der Waals surface area contributed by atoms with Crippen molar-refractivity contribution in [3.05, 3.63) is 34.0 Å². The van der Waals surface area contributed by atoms with Crippen molar-refractivity contribution in [3.63, 3.8) is 0 Å². The van der Waals surface area contributed by atoms with E-state index in [0.717, 1.165) is 29.5 Å². The van der Waals surface area contributed by atoms with Gasteiger partial charge in [-0.3, -0.25) is 9.67 Å². The number of aromatic nitrogens is 3. The highest BCUT2D eigenvalue weighted by Crippen LogP contribution is 2.10. The zero-order chi connectivity index (χ0) is 14.4. The lowest BCUT2D eigenvalue weighted by Gasteiger charge is -2.10. The summed E-state index contributed by atoms with van der Waals surface area (Å²) < 4.78 is 1.79. The van der Waals surface area contributed by atoms with Gasteiger partial charge in [0.1, 0.15) is 0 Å². The molecule has 0 bridgehead atoms. The monoisotopic (exact) mass is 292 g/mol. The number of aliphatic imine (C=N–C) groups is 1. The molecule has 20 heavy (non-hydrogen) atoms. The first-order valence-corrected chi connectivity index (χ1v) is 7.32. The summed E-state index contributed by atoms with van der Waals surface area (Å²) in [6.45, 7) is 3.60. The van der Waals surface area contributed by atoms with Crippen LogP contribution in [0.3, 0.4) is 0 Å². The summed E-state index contributed by atoms with van der Waals surface area (Å²) in [6, 6.07) is 0. The summed E-state index contributed by atoms with van der Waals surface area (Å²) in [7, 11) is 3.68. The van der Waals surface area contributed by atoms with Crippen LogP contribution in [0.25, 0.3) is 0 Å². The second kappa shape index (κ2) is 7.04. The first-order chi connectivity index (χ1) is 9.67. The minimum absolute atomic E-state index is 0.712. The van der Waals surface area contributed by atoms with Gasteiger partial charge in [0, 0.05) is 56.4 Å². The minimum Gasteiger partial charge on any atom is -0.356 e. The zero-order valence-electron chi connectivity index (χ0n) is 12.1. The fourth-order valence-corrected chi connectivity index (χ4v) is 2.56. The Balaban J connectivity index is 1.72. The molecule has 0 aromatic carbocycles. The smallest absolute Gasteiger partial charge is 0.191 e. The first-order valence-electron chi connectivity index (χ1n) is 6.50. The van der Waals surface area contributed by atoms with Crippen molar-refractivity contribution >= 4 is 17.3 Å². The molecule has 0 aliphatic carbocycles. The molecule has 2 aromatic heterocycles. The Hall–Kier alpha value is -1.89. The number of thiazole rings is 1. The summed E-state index contributed by atoms with van der Waals surface area (Å²) in [4.78, 5) is 9.79. The van der Waals surface area contributed by atoms with E-state index in [0.29, 0.717) is 6.54 Å². The quantitative estimate of drug-likeness (QED) is 0.639. The summed E-state index contributed by atoms with van der Waals surface area (Å²) in [5.74, 6) is 0.794. The molecule has 0 saturated heterocycles. The van der Waals surface area contributed by atoms with Crippen LogP contribution in [0.2, 0.25) is 0 Å². The number of rotatable bonds is 5. The van der Waals surface area contributed by atoms with E-state index in [2.05, 4.69) is 32.6 Å². The van der Waals surface area contributed by atoms with Gasteiger partial charge >= 0.3 is 0 Å². The summed E-state index contributed by atoms with van der Waals surface area (Å²) in [6.07, 6.45) is 6.65. The van der Waals surface area contributed by atoms with Crippen molar-refractivity contribution in [3.8, 4) is 0 Å². The largest absolute Gasteiger partial charge is 0.356 e. The van der Waals surface area contributed by atoms with E-state index in [4.69, 9.17) is 0 Å². The Kier molecular flexibility index (Phi) is 5.11. The molecule has 0 amide bonds. The van der Waals surface area contributed by atoms with Crippen LogP contribution in [0.5, 0.6) is 0 Å². The van der Waals surface area contributed by atoms with Crippen LogP contribution in [0, 0.1) is 6.92 Å². The topological polar surface area (TPSA) is 67.1 Å². The van der Waals surface area contributed by atoms with Gasteiger partial charge in [-0.1, -0.05) is 0 Å². The Morgan fingerprint density at radius 2 is 2.25 bits per heavy atom. The van der Waals surface area contributed by atoms with E-state index in [1.807, 2.05) is 25.6 Å². The maximum Gasteiger partial charge on any atom is 0.191 e. The van der Waals surface area contributed by atoms with Gasteiger partial charge in [0.2, 0.25) is 0 Å². The lowest BCUT2D eigenvalue weighted by atomic mass is 10.3. The van der Waals surface area contributed by atoms with Crippen molar-refractivity contribution in [2.75, 3.05) is 13.6 Å². The first kappa shape index (κ1) is 14.5. The molecule has 0 saturated carbocycles. The Morgan fingerprint density at radius 1 is 1.40 bits per heavy atom. The zero-order valence-corrected chi connectivity index (χ0v) is 12.9. The Morgan fingerprint density at radius 3 is 2.85 bits per heavy atom. The third-order valence-electron chi connectivity index (χ3n) is 2.74. The van der Waals surface area contributed by atoms with Gasteiger partial charge in [-0.15, -0.1) is 11.3 Å². The number of hydrogen-bond acceptors (Lipinski definition) is 4. The second-order valence-corrected chi connectivity index (χ2v) is 5.81. The van der Waals surface area contributed by atoms with Crippen LogP contribution >= 0.6 is 11.3 Å². The molecular weight excluding hydrogens is 272 g/mol. The summed E-state index contributed by atoms with van der Waals surface area (Å²) >= 11 is 1.74. The normalized spacial score (nSPS) is 11.7. The molecule has 108 valence electrons. The maximum absolute atomic E-state index is 4.34. The predicted molar refractivity (Wildman–Crippen MR) is 82.0 cm³/mol. The number of hydrogen-bond donors (Lipinski definition) is 2. The van der Waals surface area contributed by atoms with Gasteiger partial charge in [0.15, 0.2) is 5.96 Å². The molecule has 0 radical (unpaired) electrons. The van der Waals surface area contributed by atoms with Crippen LogP contribution < -0.4 is 10.6 Å². The van der Waals surface area contributed by atoms with E-state index >= 15 is 0 Å². The molecule has 2 aromatic rings. The van der Waals surface area contributed by atoms with E-state index in [1.165, 1.54) is 4.88 Å². The molecular formula is C13H20N6S. The minimum atomic E-state index is 0.712. The molecule has 0 atom stereocenters. The van der Waals surface area contributed by atoms with Crippen molar-refractivity contribution in [1.82, 2.24) is 25.4 Å². The van der Waals surface area contributed by atoms with E-state index in [9.17, 15) is 0 Å². The fraction of sp³-hybridized carbons (Fsp3) is 0.462. The van der Waals surface area contributed by atoms with Gasteiger partial charge in [-0.2, -0.15) is 5.10 Å². The van der Waals surface area contributed by atoms with E-state index in [-0.39, 0.29) is 0 Å². The molecule has 2 N–H and O–H groups in total.